The zero-order valence-corrected chi connectivity index (χ0v) is 41.2. The van der Waals surface area contributed by atoms with Gasteiger partial charge < -0.3 is 37.5 Å². The second-order valence-electron chi connectivity index (χ2n) is 20.7. The van der Waals surface area contributed by atoms with Crippen molar-refractivity contribution >= 4 is 35.0 Å². The molecular weight excluding hydrogens is 906 g/mol. The molecule has 0 unspecified atom stereocenters. The molecule has 0 radical (unpaired) electrons. The Labute approximate surface area is 408 Å². The number of imidazole rings is 2. The highest BCUT2D eigenvalue weighted by Crippen LogP contribution is 2.33. The fourth-order valence-corrected chi connectivity index (χ4v) is 8.65. The number of amides is 3. The number of hydrogen-bond donors (Lipinski definition) is 2. The topological polar surface area (TPSA) is 175 Å². The van der Waals surface area contributed by atoms with Gasteiger partial charge in [0.1, 0.15) is 23.0 Å². The number of aliphatic carboxylic acids is 1. The van der Waals surface area contributed by atoms with Crippen LogP contribution in [0.15, 0.2) is 73.1 Å². The van der Waals surface area contributed by atoms with Crippen molar-refractivity contribution in [1.82, 2.24) is 43.9 Å². The van der Waals surface area contributed by atoms with E-state index in [-0.39, 0.29) is 84.1 Å². The number of halogens is 3. The van der Waals surface area contributed by atoms with Crippen molar-refractivity contribution in [3.63, 3.8) is 0 Å². The van der Waals surface area contributed by atoms with Crippen molar-refractivity contribution in [3.8, 4) is 22.5 Å². The third-order valence-electron chi connectivity index (χ3n) is 12.4. The summed E-state index contributed by atoms with van der Waals surface area (Å²) >= 11 is 0. The Bertz CT molecular complexity index is 2850. The van der Waals surface area contributed by atoms with Gasteiger partial charge >= 0.3 is 5.97 Å². The maximum absolute atomic E-state index is 13.6. The lowest BCUT2D eigenvalue weighted by Gasteiger charge is -2.46. The van der Waals surface area contributed by atoms with Gasteiger partial charge in [-0.15, -0.1) is 0 Å². The first-order chi connectivity index (χ1) is 31.3. The minimum atomic E-state index is -1.01. The van der Waals surface area contributed by atoms with E-state index in [4.69, 9.17) is 10.1 Å². The SMILES string of the molecule is C.CC(C)(C)c1cc(-c2ccc(F)cc2)nn2cc(C(=O)N3CCN(C(=O)CCC(=O)O)CC3(C)C)nc12.CC(C)(C)c1cc(-c2ccc(F)cc2)nn2cc(C(=O)N3CC[NH2+]CC3(C)C)nc12.[Cl-]. The molecule has 2 aromatic carbocycles. The molecule has 370 valence electrons. The van der Waals surface area contributed by atoms with Crippen molar-refractivity contribution in [2.24, 2.45) is 0 Å². The van der Waals surface area contributed by atoms with E-state index in [1.54, 1.807) is 55.5 Å². The molecule has 3 amide bonds. The molecule has 2 aliphatic rings. The van der Waals surface area contributed by atoms with Crippen LogP contribution < -0.4 is 17.7 Å². The largest absolute Gasteiger partial charge is 1.00 e. The molecule has 0 saturated carbocycles. The van der Waals surface area contributed by atoms with Crippen molar-refractivity contribution in [2.45, 2.75) is 111 Å². The molecule has 15 nitrogen and oxygen atoms in total. The standard InChI is InChI=1S/C27H32FN5O4.C23H28FN5O.CH4.ClH/c1-26(2,3)19-14-20(17-6-8-18(28)9-7-17)30-33-15-21(29-24(19)33)25(37)32-13-12-31(16-27(32,4)5)22(34)10-11-23(35)36;1-22(2,3)17-12-18(15-6-8-16(24)9-7-15)27-29-13-19(26-20(17)29)21(30)28-11-10-25-14-23(28,4)5;;/h6-9,14-15H,10-13,16H2,1-5H3,(H,35,36);6-9,12-13,25H,10-11,14H2,1-5H3;1H4;1H. The van der Waals surface area contributed by atoms with Crippen molar-refractivity contribution < 1.29 is 50.8 Å². The van der Waals surface area contributed by atoms with Crippen LogP contribution in [-0.4, -0.2) is 123 Å². The Morgan fingerprint density at radius 3 is 1.49 bits per heavy atom. The van der Waals surface area contributed by atoms with Crippen LogP contribution in [0.2, 0.25) is 0 Å². The monoisotopic (exact) mass is 970 g/mol. The van der Waals surface area contributed by atoms with Gasteiger partial charge in [0.25, 0.3) is 11.8 Å². The summed E-state index contributed by atoms with van der Waals surface area (Å²) in [4.78, 5) is 64.8. The van der Waals surface area contributed by atoms with Gasteiger partial charge in [0.05, 0.1) is 60.9 Å². The van der Waals surface area contributed by atoms with Crippen LogP contribution >= 0.6 is 0 Å². The Hall–Kier alpha value is -6.33. The molecule has 69 heavy (non-hydrogen) atoms. The van der Waals surface area contributed by atoms with Crippen molar-refractivity contribution in [2.75, 3.05) is 39.3 Å². The number of nitrogens with two attached hydrogens (primary N) is 1. The number of fused-ring (bicyclic) bond motifs is 2. The number of rotatable bonds is 7. The second-order valence-corrected chi connectivity index (χ2v) is 20.7. The maximum Gasteiger partial charge on any atom is 0.303 e. The second kappa shape index (κ2) is 20.3. The summed E-state index contributed by atoms with van der Waals surface area (Å²) in [6.07, 6.45) is 3.04. The summed E-state index contributed by atoms with van der Waals surface area (Å²) < 4.78 is 30.1. The Morgan fingerprint density at radius 2 is 1.10 bits per heavy atom. The number of piperazine rings is 2. The molecule has 6 heterocycles. The summed E-state index contributed by atoms with van der Waals surface area (Å²) in [6.45, 7) is 23.8. The minimum Gasteiger partial charge on any atom is -1.00 e. The molecule has 0 spiro atoms. The summed E-state index contributed by atoms with van der Waals surface area (Å²) in [5, 5.41) is 20.5. The van der Waals surface area contributed by atoms with Crippen LogP contribution in [0, 0.1) is 11.6 Å². The minimum absolute atomic E-state index is 0. The first-order valence-corrected chi connectivity index (χ1v) is 22.6. The molecule has 6 aromatic rings. The highest BCUT2D eigenvalue weighted by molar-refractivity contribution is 5.94. The number of aromatic nitrogens is 6. The van der Waals surface area contributed by atoms with Crippen LogP contribution in [0.4, 0.5) is 8.78 Å². The zero-order chi connectivity index (χ0) is 48.8. The fourth-order valence-electron chi connectivity index (χ4n) is 8.65. The Kier molecular flexibility index (Phi) is 15.8. The van der Waals surface area contributed by atoms with E-state index < -0.39 is 11.5 Å². The first-order valence-electron chi connectivity index (χ1n) is 22.6. The summed E-state index contributed by atoms with van der Waals surface area (Å²) in [5.41, 5.74) is 5.30. The van der Waals surface area contributed by atoms with Crippen LogP contribution in [0.3, 0.4) is 0 Å². The zero-order valence-electron chi connectivity index (χ0n) is 40.4. The number of carbonyl (C=O) groups excluding carboxylic acids is 3. The van der Waals surface area contributed by atoms with E-state index in [9.17, 15) is 28.0 Å². The van der Waals surface area contributed by atoms with Crippen molar-refractivity contribution in [1.29, 1.82) is 0 Å². The first kappa shape index (κ1) is 53.6. The number of benzene rings is 2. The number of hydrogen-bond acceptors (Lipinski definition) is 8. The van der Waals surface area contributed by atoms with Gasteiger partial charge in [-0.2, -0.15) is 10.2 Å². The Morgan fingerprint density at radius 1 is 0.667 bits per heavy atom. The summed E-state index contributed by atoms with van der Waals surface area (Å²) in [7, 11) is 0. The molecule has 3 N–H and O–H groups in total. The van der Waals surface area contributed by atoms with Gasteiger partial charge in [0.15, 0.2) is 11.3 Å². The maximum atomic E-state index is 13.6. The van der Waals surface area contributed by atoms with Gasteiger partial charge in [0, 0.05) is 48.3 Å². The lowest BCUT2D eigenvalue weighted by atomic mass is 9.87. The predicted molar refractivity (Wildman–Crippen MR) is 256 cm³/mol. The van der Waals surface area contributed by atoms with E-state index in [1.807, 2.05) is 30.9 Å². The third-order valence-corrected chi connectivity index (χ3v) is 12.4. The molecule has 8 rings (SSSR count). The van der Waals surface area contributed by atoms with Crippen molar-refractivity contribution in [3.05, 3.63) is 107 Å². The molecule has 2 saturated heterocycles. The average molecular weight is 972 g/mol. The van der Waals surface area contributed by atoms with E-state index >= 15 is 0 Å². The van der Waals surface area contributed by atoms with Crippen LogP contribution in [0.1, 0.15) is 122 Å². The van der Waals surface area contributed by atoms with E-state index in [2.05, 4.69) is 75.9 Å². The lowest BCUT2D eigenvalue weighted by Crippen LogP contribution is -3.00. The number of quaternary nitrogens is 1. The van der Waals surface area contributed by atoms with Gasteiger partial charge in [-0.1, -0.05) is 49.0 Å². The van der Waals surface area contributed by atoms with E-state index in [0.717, 1.165) is 41.0 Å². The normalized spacial score (nSPS) is 15.7. The number of carboxylic acid groups (broad SMARTS) is 1. The molecule has 4 aromatic heterocycles. The third kappa shape index (κ3) is 11.8. The molecule has 0 bridgehead atoms. The Balaban J connectivity index is 0.000000255. The molecule has 2 fully saturated rings. The molecule has 2 aliphatic heterocycles. The fraction of sp³-hybridized carbons (Fsp3) is 0.451. The molecule has 0 atom stereocenters. The number of carbonyl (C=O) groups is 4. The van der Waals surface area contributed by atoms with E-state index in [1.165, 1.54) is 24.3 Å². The lowest BCUT2D eigenvalue weighted by molar-refractivity contribution is -0.673. The summed E-state index contributed by atoms with van der Waals surface area (Å²) in [6, 6.07) is 16.3. The number of carboxylic acids is 1. The summed E-state index contributed by atoms with van der Waals surface area (Å²) in [5.74, 6) is -2.20. The highest BCUT2D eigenvalue weighted by Gasteiger charge is 2.40. The average Bonchev–Trinajstić information content (AvgIpc) is 3.89. The van der Waals surface area contributed by atoms with Gasteiger partial charge in [0.2, 0.25) is 5.91 Å². The van der Waals surface area contributed by atoms with Gasteiger partial charge in [-0.05, 0) is 99.2 Å². The van der Waals surface area contributed by atoms with Crippen LogP contribution in [0.5, 0.6) is 0 Å². The van der Waals surface area contributed by atoms with Crippen LogP contribution in [0.25, 0.3) is 33.8 Å². The smallest absolute Gasteiger partial charge is 0.303 e. The van der Waals surface area contributed by atoms with E-state index in [0.29, 0.717) is 48.9 Å². The van der Waals surface area contributed by atoms with Gasteiger partial charge in [-0.25, -0.2) is 27.8 Å². The quantitative estimate of drug-likeness (QED) is 0.240. The highest BCUT2D eigenvalue weighted by atomic mass is 35.5. The number of nitrogens with zero attached hydrogens (tertiary/aromatic N) is 9. The van der Waals surface area contributed by atoms with Crippen LogP contribution in [-0.2, 0) is 20.4 Å². The molecule has 0 aliphatic carbocycles. The predicted octanol–water partition coefficient (Wildman–Crippen LogP) is 4.03. The molecular formula is C51H65ClF2N10O5. The molecule has 18 heteroatoms. The van der Waals surface area contributed by atoms with Gasteiger partial charge in [-0.3, -0.25) is 19.2 Å².